The Morgan fingerprint density at radius 3 is 2.46 bits per heavy atom. The van der Waals surface area contributed by atoms with Crippen LogP contribution in [0, 0.1) is 10.1 Å². The number of hydrogen-bond acceptors (Lipinski definition) is 8. The Hall–Kier alpha value is -4.17. The third-order valence-electron chi connectivity index (χ3n) is 6.66. The van der Waals surface area contributed by atoms with Crippen molar-refractivity contribution >= 4 is 29.2 Å². The monoisotopic (exact) mass is 508 g/mol. The largest absolute Gasteiger partial charge is 0.468 e. The van der Waals surface area contributed by atoms with Gasteiger partial charge in [-0.2, -0.15) is 0 Å². The second-order valence-electron chi connectivity index (χ2n) is 9.36. The number of anilines is 1. The number of likely N-dealkylation sites (tertiary alicyclic amines) is 1. The molecule has 1 fully saturated rings. The molecule has 0 aromatic heterocycles. The van der Waals surface area contributed by atoms with E-state index in [9.17, 15) is 24.5 Å². The van der Waals surface area contributed by atoms with Crippen LogP contribution in [-0.4, -0.2) is 72.9 Å². The minimum absolute atomic E-state index is 0.0664. The van der Waals surface area contributed by atoms with Gasteiger partial charge in [-0.05, 0) is 37.0 Å². The van der Waals surface area contributed by atoms with Crippen LogP contribution in [0.5, 0.6) is 0 Å². The number of carbonyl (C=O) groups is 2. The van der Waals surface area contributed by atoms with E-state index in [-0.39, 0.29) is 24.7 Å². The van der Waals surface area contributed by atoms with Crippen LogP contribution in [0.1, 0.15) is 30.9 Å². The number of rotatable bonds is 11. The van der Waals surface area contributed by atoms with Crippen molar-refractivity contribution in [1.82, 2.24) is 9.80 Å². The van der Waals surface area contributed by atoms with Gasteiger partial charge in [-0.1, -0.05) is 36.4 Å². The molecule has 10 heteroatoms. The number of nitrogens with zero attached hydrogens (tertiary/aromatic N) is 4. The third kappa shape index (κ3) is 6.54. The number of carbonyl (C=O) groups excluding carboxylic acids is 3. The van der Waals surface area contributed by atoms with E-state index in [0.29, 0.717) is 30.9 Å². The number of amides is 1. The van der Waals surface area contributed by atoms with E-state index in [2.05, 4.69) is 0 Å². The molecule has 10 nitrogen and oxygen atoms in total. The summed E-state index contributed by atoms with van der Waals surface area (Å²) in [6.45, 7) is 2.96. The molecule has 196 valence electrons. The van der Waals surface area contributed by atoms with Gasteiger partial charge in [0, 0.05) is 39.3 Å². The van der Waals surface area contributed by atoms with Crippen molar-refractivity contribution in [3.05, 3.63) is 76.0 Å². The highest BCUT2D eigenvalue weighted by atomic mass is 16.6. The second-order valence-corrected chi connectivity index (χ2v) is 9.36. The molecule has 0 spiro atoms. The molecule has 0 bridgehead atoms. The number of methoxy groups -OCH3 is 1. The summed E-state index contributed by atoms with van der Waals surface area (Å²) in [5.41, 5.74) is 0.403. The van der Waals surface area contributed by atoms with Gasteiger partial charge in [0.25, 0.3) is 5.69 Å². The molecule has 2 aromatic carbocycles. The van der Waals surface area contributed by atoms with Crippen LogP contribution < -0.4 is 4.90 Å². The van der Waals surface area contributed by atoms with E-state index in [4.69, 9.17) is 4.74 Å². The number of hydrogen-bond donors (Lipinski definition) is 0. The number of nitro benzene ring substituents is 1. The molecule has 1 aliphatic heterocycles. The third-order valence-corrected chi connectivity index (χ3v) is 6.66. The molecule has 0 saturated carbocycles. The predicted molar refractivity (Wildman–Crippen MR) is 139 cm³/mol. The summed E-state index contributed by atoms with van der Waals surface area (Å²) < 4.78 is 4.73. The Morgan fingerprint density at radius 2 is 1.86 bits per heavy atom. The second kappa shape index (κ2) is 12.2. The Bertz CT molecular complexity index is 1170. The van der Waals surface area contributed by atoms with Gasteiger partial charge in [-0.25, -0.2) is 4.79 Å². The Kier molecular flexibility index (Phi) is 9.03. The highest BCUT2D eigenvalue weighted by molar-refractivity contribution is 5.89. The summed E-state index contributed by atoms with van der Waals surface area (Å²) in [7, 11) is 3.00. The number of esters is 1. The highest BCUT2D eigenvalue weighted by Crippen LogP contribution is 2.36. The summed E-state index contributed by atoms with van der Waals surface area (Å²) in [5.74, 6) is 0.845. The maximum Gasteiger partial charge on any atom is 0.325 e. The number of nitro groups is 1. The van der Waals surface area contributed by atoms with Crippen LogP contribution in [0.3, 0.4) is 0 Å². The van der Waals surface area contributed by atoms with Crippen molar-refractivity contribution in [2.75, 3.05) is 45.2 Å². The molecule has 1 atom stereocenters. The van der Waals surface area contributed by atoms with E-state index in [1.807, 2.05) is 30.3 Å². The fourth-order valence-electron chi connectivity index (χ4n) is 4.69. The summed E-state index contributed by atoms with van der Waals surface area (Å²) in [6, 6.07) is 14.4. The van der Waals surface area contributed by atoms with Crippen molar-refractivity contribution in [1.29, 1.82) is 0 Å². The van der Waals surface area contributed by atoms with Crippen LogP contribution in [-0.2, 0) is 31.1 Å². The highest BCUT2D eigenvalue weighted by Gasteiger charge is 2.42. The van der Waals surface area contributed by atoms with Crippen LogP contribution in [0.25, 0.3) is 0 Å². The maximum absolute atomic E-state index is 13.8. The van der Waals surface area contributed by atoms with E-state index in [1.165, 1.54) is 18.1 Å². The van der Waals surface area contributed by atoms with E-state index in [1.54, 1.807) is 41.8 Å². The fraction of sp³-hybridized carbons (Fsp3) is 0.407. The molecule has 1 aliphatic rings. The Morgan fingerprint density at radius 1 is 1.19 bits per heavy atom. The summed E-state index contributed by atoms with van der Waals surface area (Å²) in [5, 5.41) is 12.1. The lowest BCUT2D eigenvalue weighted by Crippen LogP contribution is -2.50. The van der Waals surface area contributed by atoms with Crippen LogP contribution >= 0.6 is 0 Å². The quantitative estimate of drug-likeness (QED) is 0.197. The van der Waals surface area contributed by atoms with Crippen LogP contribution in [0.2, 0.25) is 0 Å². The van der Waals surface area contributed by atoms with Gasteiger partial charge in [0.2, 0.25) is 5.91 Å². The van der Waals surface area contributed by atoms with Crippen LogP contribution in [0.15, 0.2) is 54.7 Å². The molecular formula is C27H32N4O6. The average Bonchev–Trinajstić information content (AvgIpc) is 3.43. The van der Waals surface area contributed by atoms with Crippen molar-refractivity contribution in [3.8, 4) is 0 Å². The summed E-state index contributed by atoms with van der Waals surface area (Å²) in [6.07, 6.45) is 2.79. The van der Waals surface area contributed by atoms with E-state index in [0.717, 1.165) is 24.6 Å². The Balaban J connectivity index is 2.04. The molecular weight excluding hydrogens is 476 g/mol. The molecule has 1 unspecified atom stereocenters. The lowest BCUT2D eigenvalue weighted by Gasteiger charge is -2.36. The van der Waals surface area contributed by atoms with Crippen LogP contribution in [0.4, 0.5) is 11.4 Å². The first-order valence-corrected chi connectivity index (χ1v) is 12.0. The van der Waals surface area contributed by atoms with Crippen molar-refractivity contribution in [3.63, 3.8) is 0 Å². The number of benzene rings is 2. The van der Waals surface area contributed by atoms with Gasteiger partial charge in [-0.15, -0.1) is 0 Å². The number of ether oxygens (including phenoxy) is 1. The fourth-order valence-corrected chi connectivity index (χ4v) is 4.69. The van der Waals surface area contributed by atoms with Crippen molar-refractivity contribution in [2.24, 2.45) is 0 Å². The zero-order valence-electron chi connectivity index (χ0n) is 21.4. The standard InChI is InChI=1S/C27H32N4O6/c1-27(26(34)30-13-7-8-14-30,20-29(15-16-32)19-25(33)37-3)22-11-12-23(24(17-22)31(35)36)28(2)18-21-9-5-4-6-10-21/h4-6,9-12,15,17H,7-8,13-14,18-20H2,1-3H3. The normalized spacial score (nSPS) is 14.3. The average molecular weight is 509 g/mol. The van der Waals surface area contributed by atoms with Gasteiger partial charge < -0.3 is 19.4 Å². The lowest BCUT2D eigenvalue weighted by atomic mass is 9.80. The molecule has 0 aliphatic carbocycles. The van der Waals surface area contributed by atoms with Gasteiger partial charge >= 0.3 is 5.97 Å². The summed E-state index contributed by atoms with van der Waals surface area (Å²) >= 11 is 0. The van der Waals surface area contributed by atoms with Gasteiger partial charge in [0.15, 0.2) is 0 Å². The van der Waals surface area contributed by atoms with Crippen molar-refractivity contribution in [2.45, 2.75) is 31.7 Å². The molecule has 0 N–H and O–H groups in total. The van der Waals surface area contributed by atoms with Gasteiger partial charge in [0.1, 0.15) is 18.2 Å². The molecule has 37 heavy (non-hydrogen) atoms. The minimum atomic E-state index is -1.28. The molecule has 1 amide bonds. The Labute approximate surface area is 216 Å². The van der Waals surface area contributed by atoms with Crippen molar-refractivity contribution < 1.29 is 24.0 Å². The lowest BCUT2D eigenvalue weighted by molar-refractivity contribution is -0.384. The zero-order chi connectivity index (χ0) is 27.0. The first-order chi connectivity index (χ1) is 17.7. The molecule has 2 aromatic rings. The first-order valence-electron chi connectivity index (χ1n) is 12.0. The van der Waals surface area contributed by atoms with E-state index < -0.39 is 16.3 Å². The summed E-state index contributed by atoms with van der Waals surface area (Å²) in [4.78, 5) is 53.5. The molecule has 1 saturated heterocycles. The molecule has 1 heterocycles. The van der Waals surface area contributed by atoms with Gasteiger partial charge in [-0.3, -0.25) is 19.7 Å². The predicted octanol–water partition coefficient (Wildman–Crippen LogP) is 2.93. The maximum atomic E-state index is 13.8. The molecule has 0 radical (unpaired) electrons. The molecule has 3 rings (SSSR count). The van der Waals surface area contributed by atoms with E-state index >= 15 is 0 Å². The zero-order valence-corrected chi connectivity index (χ0v) is 21.4. The van der Waals surface area contributed by atoms with Gasteiger partial charge in [0.05, 0.1) is 23.6 Å². The first kappa shape index (κ1) is 27.4. The minimum Gasteiger partial charge on any atom is -0.468 e. The SMILES string of the molecule is COC(=O)CN(C=C=O)CC(C)(C(=O)N1CCCC1)c1ccc(N(C)Cc2ccccc2)c([N+](=O)[O-])c1. The topological polar surface area (TPSA) is 113 Å². The smallest absolute Gasteiger partial charge is 0.325 e.